The van der Waals surface area contributed by atoms with Crippen LogP contribution in [-0.2, 0) is 40.3 Å². The average Bonchev–Trinajstić information content (AvgIpc) is 3.69. The van der Waals surface area contributed by atoms with E-state index < -0.39 is 11.9 Å². The molecule has 188 valence electrons. The first-order valence-corrected chi connectivity index (χ1v) is 12.2. The number of hydrogen-bond acceptors (Lipinski definition) is 5. The van der Waals surface area contributed by atoms with Gasteiger partial charge in [0, 0.05) is 19.0 Å². The summed E-state index contributed by atoms with van der Waals surface area (Å²) in [6.07, 6.45) is 3.53. The average molecular weight is 502 g/mol. The van der Waals surface area contributed by atoms with E-state index in [1.807, 2.05) is 6.07 Å². The number of halogens is 1. The summed E-state index contributed by atoms with van der Waals surface area (Å²) >= 11 is 6.48. The minimum atomic E-state index is -1.08. The van der Waals surface area contributed by atoms with E-state index >= 15 is 0 Å². The summed E-state index contributed by atoms with van der Waals surface area (Å²) in [5.41, 5.74) is 6.12. The van der Waals surface area contributed by atoms with E-state index in [9.17, 15) is 14.4 Å². The molecule has 0 saturated heterocycles. The Morgan fingerprint density at radius 2 is 1.49 bits per heavy atom. The Morgan fingerprint density at radius 3 is 2.09 bits per heavy atom. The highest BCUT2D eigenvalue weighted by atomic mass is 35.5. The highest BCUT2D eigenvalue weighted by molar-refractivity contribution is 6.33. The summed E-state index contributed by atoms with van der Waals surface area (Å²) in [6.45, 7) is 3.35. The molecular weight excluding hydrogens is 470 g/mol. The van der Waals surface area contributed by atoms with Gasteiger partial charge >= 0.3 is 11.9 Å². The lowest BCUT2D eigenvalue weighted by Crippen LogP contribution is -2.24. The number of carbonyl (C=O) groups excluding carboxylic acids is 1. The lowest BCUT2D eigenvalue weighted by molar-refractivity contribution is -0.143. The second kappa shape index (κ2) is 13.1. The molecule has 1 saturated carbocycles. The number of carboxylic acids is 2. The molecule has 1 heterocycles. The number of nitrogens with one attached hydrogen (secondary N) is 3. The van der Waals surface area contributed by atoms with E-state index in [0.29, 0.717) is 6.54 Å². The van der Waals surface area contributed by atoms with Gasteiger partial charge in [-0.1, -0.05) is 41.9 Å². The van der Waals surface area contributed by atoms with Crippen LogP contribution < -0.4 is 16.0 Å². The van der Waals surface area contributed by atoms with Crippen LogP contribution in [0.4, 0.5) is 5.69 Å². The van der Waals surface area contributed by atoms with Crippen LogP contribution in [0, 0.1) is 5.92 Å². The monoisotopic (exact) mass is 501 g/mol. The highest BCUT2D eigenvalue weighted by Gasteiger charge is 2.29. The van der Waals surface area contributed by atoms with Crippen LogP contribution in [-0.4, -0.2) is 41.1 Å². The van der Waals surface area contributed by atoms with Crippen LogP contribution >= 0.6 is 11.6 Å². The Labute approximate surface area is 210 Å². The zero-order valence-electron chi connectivity index (χ0n) is 19.6. The number of amides is 1. The molecule has 1 aliphatic heterocycles. The SMILES string of the molecule is O=C(NCc1ccc(CNc2c(Cl)ccc3c2CCNCC3)cc1)C1CC1.O=C(O)CCC(=O)O. The smallest absolute Gasteiger partial charge is 0.303 e. The molecule has 1 fully saturated rings. The maximum absolute atomic E-state index is 11.7. The lowest BCUT2D eigenvalue weighted by atomic mass is 10.0. The number of carboxylic acid groups (broad SMARTS) is 2. The Balaban J connectivity index is 0.000000371. The van der Waals surface area contributed by atoms with Gasteiger partial charge in [0.15, 0.2) is 0 Å². The van der Waals surface area contributed by atoms with Crippen molar-refractivity contribution in [1.82, 2.24) is 10.6 Å². The molecular formula is C26H32ClN3O5. The van der Waals surface area contributed by atoms with Crippen molar-refractivity contribution in [2.45, 2.75) is 51.6 Å². The molecule has 2 aromatic carbocycles. The molecule has 1 aliphatic carbocycles. The molecule has 0 bridgehead atoms. The van der Waals surface area contributed by atoms with Gasteiger partial charge in [-0.3, -0.25) is 14.4 Å². The number of hydrogen-bond donors (Lipinski definition) is 5. The maximum atomic E-state index is 11.7. The molecule has 8 nitrogen and oxygen atoms in total. The zero-order chi connectivity index (χ0) is 25.2. The molecule has 2 aliphatic rings. The van der Waals surface area contributed by atoms with E-state index in [-0.39, 0.29) is 24.7 Å². The van der Waals surface area contributed by atoms with E-state index in [1.54, 1.807) is 0 Å². The van der Waals surface area contributed by atoms with E-state index in [2.05, 4.69) is 46.3 Å². The Morgan fingerprint density at radius 1 is 0.886 bits per heavy atom. The van der Waals surface area contributed by atoms with Crippen molar-refractivity contribution in [3.8, 4) is 0 Å². The summed E-state index contributed by atoms with van der Waals surface area (Å²) in [6, 6.07) is 12.5. The predicted molar refractivity (Wildman–Crippen MR) is 135 cm³/mol. The molecule has 5 N–H and O–H groups in total. The van der Waals surface area contributed by atoms with E-state index in [0.717, 1.165) is 61.6 Å². The number of benzene rings is 2. The van der Waals surface area contributed by atoms with Gasteiger partial charge in [0.05, 0.1) is 23.6 Å². The number of rotatable bonds is 9. The third-order valence-corrected chi connectivity index (χ3v) is 6.26. The Hall–Kier alpha value is -3.10. The molecule has 9 heteroatoms. The molecule has 1 amide bonds. The first kappa shape index (κ1) is 26.5. The second-order valence-corrected chi connectivity index (χ2v) is 9.17. The fourth-order valence-electron chi connectivity index (χ4n) is 3.79. The summed E-state index contributed by atoms with van der Waals surface area (Å²) < 4.78 is 0. The topological polar surface area (TPSA) is 128 Å². The molecule has 0 spiro atoms. The molecule has 4 rings (SSSR count). The van der Waals surface area contributed by atoms with Crippen molar-refractivity contribution in [1.29, 1.82) is 0 Å². The standard InChI is InChI=1S/C22H26ClN3O.C4H6O4/c23-20-8-7-17-9-11-24-12-10-19(17)21(20)25-13-15-1-3-16(4-2-15)14-26-22(27)18-5-6-18;5-3(6)1-2-4(7)8/h1-4,7-8,18,24-25H,5-6,9-14H2,(H,26,27);1-2H2,(H,5,6)(H,7,8). The molecule has 0 radical (unpaired) electrons. The van der Waals surface area contributed by atoms with Crippen molar-refractivity contribution >= 4 is 35.1 Å². The van der Waals surface area contributed by atoms with Crippen LogP contribution in [0.25, 0.3) is 0 Å². The van der Waals surface area contributed by atoms with Crippen LogP contribution in [0.5, 0.6) is 0 Å². The van der Waals surface area contributed by atoms with Gasteiger partial charge in [0.25, 0.3) is 0 Å². The highest BCUT2D eigenvalue weighted by Crippen LogP contribution is 2.31. The summed E-state index contributed by atoms with van der Waals surface area (Å²) in [7, 11) is 0. The van der Waals surface area contributed by atoms with E-state index in [4.69, 9.17) is 21.8 Å². The number of fused-ring (bicyclic) bond motifs is 1. The van der Waals surface area contributed by atoms with Gasteiger partial charge in [-0.05, 0) is 67.1 Å². The maximum Gasteiger partial charge on any atom is 0.303 e. The molecule has 35 heavy (non-hydrogen) atoms. The number of aliphatic carboxylic acids is 2. The fourth-order valence-corrected chi connectivity index (χ4v) is 4.04. The van der Waals surface area contributed by atoms with Gasteiger partial charge < -0.3 is 26.2 Å². The quantitative estimate of drug-likeness (QED) is 0.355. The Bertz CT molecular complexity index is 1020. The van der Waals surface area contributed by atoms with Crippen molar-refractivity contribution in [3.05, 3.63) is 63.7 Å². The zero-order valence-corrected chi connectivity index (χ0v) is 20.4. The minimum absolute atomic E-state index is 0.189. The largest absolute Gasteiger partial charge is 0.481 e. The first-order chi connectivity index (χ1) is 16.8. The molecule has 0 atom stereocenters. The van der Waals surface area contributed by atoms with Crippen molar-refractivity contribution in [3.63, 3.8) is 0 Å². The molecule has 0 aromatic heterocycles. The fraction of sp³-hybridized carbons (Fsp3) is 0.423. The first-order valence-electron chi connectivity index (χ1n) is 11.9. The summed E-state index contributed by atoms with van der Waals surface area (Å²) in [5.74, 6) is -1.70. The summed E-state index contributed by atoms with van der Waals surface area (Å²) in [5, 5.41) is 26.6. The minimum Gasteiger partial charge on any atom is -0.481 e. The third kappa shape index (κ3) is 8.88. The van der Waals surface area contributed by atoms with Gasteiger partial charge in [0.2, 0.25) is 5.91 Å². The third-order valence-electron chi connectivity index (χ3n) is 5.94. The molecule has 2 aromatic rings. The van der Waals surface area contributed by atoms with Gasteiger partial charge in [-0.2, -0.15) is 0 Å². The predicted octanol–water partition coefficient (Wildman–Crippen LogP) is 3.60. The van der Waals surface area contributed by atoms with Crippen molar-refractivity contribution in [2.24, 2.45) is 5.92 Å². The van der Waals surface area contributed by atoms with Gasteiger partial charge in [0.1, 0.15) is 0 Å². The van der Waals surface area contributed by atoms with E-state index in [1.165, 1.54) is 16.7 Å². The van der Waals surface area contributed by atoms with Gasteiger partial charge in [-0.15, -0.1) is 0 Å². The van der Waals surface area contributed by atoms with Crippen molar-refractivity contribution in [2.75, 3.05) is 18.4 Å². The summed E-state index contributed by atoms with van der Waals surface area (Å²) in [4.78, 5) is 31.0. The lowest BCUT2D eigenvalue weighted by Gasteiger charge is -2.16. The normalized spacial score (nSPS) is 14.5. The van der Waals surface area contributed by atoms with Crippen LogP contribution in [0.2, 0.25) is 5.02 Å². The second-order valence-electron chi connectivity index (χ2n) is 8.76. The van der Waals surface area contributed by atoms with Gasteiger partial charge in [-0.25, -0.2) is 0 Å². The van der Waals surface area contributed by atoms with Crippen LogP contribution in [0.1, 0.15) is 47.9 Å². The van der Waals surface area contributed by atoms with Crippen LogP contribution in [0.15, 0.2) is 36.4 Å². The van der Waals surface area contributed by atoms with Crippen LogP contribution in [0.3, 0.4) is 0 Å². The molecule has 0 unspecified atom stereocenters. The Kier molecular flexibility index (Phi) is 9.93. The van der Waals surface area contributed by atoms with Crippen molar-refractivity contribution < 1.29 is 24.6 Å². The number of carbonyl (C=O) groups is 3. The number of anilines is 1.